The van der Waals surface area contributed by atoms with Gasteiger partial charge in [0.25, 0.3) is 11.6 Å². The van der Waals surface area contributed by atoms with Crippen LogP contribution in [0.5, 0.6) is 0 Å². The number of aromatic nitrogens is 1. The van der Waals surface area contributed by atoms with E-state index in [4.69, 9.17) is 28.6 Å². The minimum Gasteiger partial charge on any atom is -0.378 e. The molecule has 3 aromatic rings. The number of hydrogen-bond acceptors (Lipinski definition) is 8. The molecule has 9 nitrogen and oxygen atoms in total. The predicted octanol–water partition coefficient (Wildman–Crippen LogP) is 4.13. The molecule has 2 aromatic carbocycles. The maximum atomic E-state index is 12.6. The molecule has 2 N–H and O–H groups in total. The van der Waals surface area contributed by atoms with Gasteiger partial charge in [-0.25, -0.2) is 4.98 Å². The van der Waals surface area contributed by atoms with Crippen LogP contribution in [-0.2, 0) is 4.74 Å². The lowest BCUT2D eigenvalue weighted by Crippen LogP contribution is -2.37. The first-order valence-electron chi connectivity index (χ1n) is 9.62. The summed E-state index contributed by atoms with van der Waals surface area (Å²) < 4.78 is 6.23. The first-order valence-corrected chi connectivity index (χ1v) is 11.2. The lowest BCUT2D eigenvalue weighted by atomic mass is 10.1. The molecular weight excluding hydrogens is 474 g/mol. The monoisotopic (exact) mass is 491 g/mol. The number of carbonyl (C=O) groups excluding carboxylic acids is 1. The second kappa shape index (κ2) is 9.33. The number of thiocarbonyl (C=S) groups is 1. The Kier molecular flexibility index (Phi) is 6.51. The van der Waals surface area contributed by atoms with Crippen molar-refractivity contribution in [2.24, 2.45) is 0 Å². The third kappa shape index (κ3) is 4.80. The maximum Gasteiger partial charge on any atom is 0.293 e. The smallest absolute Gasteiger partial charge is 0.293 e. The lowest BCUT2D eigenvalue weighted by molar-refractivity contribution is -0.384. The highest BCUT2D eigenvalue weighted by Crippen LogP contribution is 2.31. The van der Waals surface area contributed by atoms with E-state index in [2.05, 4.69) is 15.6 Å². The van der Waals surface area contributed by atoms with Crippen LogP contribution >= 0.6 is 35.2 Å². The molecule has 12 heteroatoms. The van der Waals surface area contributed by atoms with Crippen molar-refractivity contribution in [2.75, 3.05) is 36.5 Å². The largest absolute Gasteiger partial charge is 0.378 e. The Bertz CT molecular complexity index is 1190. The lowest BCUT2D eigenvalue weighted by Gasteiger charge is -2.28. The Labute approximate surface area is 197 Å². The standard InChI is InChI=1S/C20H18ClN5O4S2/c1-11-8-17-14(10-13(11)21)22-20(32-17)24-19(31)23-18(27)12-2-3-15(16(9-12)26(28)29)25-4-6-30-7-5-25/h2-3,8-10H,4-7H2,1H3,(H2,22,23,24,27,31). The molecule has 0 spiro atoms. The number of carbonyl (C=O) groups is 1. The fourth-order valence-corrected chi connectivity index (χ4v) is 4.65. The SMILES string of the molecule is Cc1cc2sc(NC(=S)NC(=O)c3ccc(N4CCOCC4)c([N+](=O)[O-])c3)nc2cc1Cl. The number of nitrogens with zero attached hydrogens (tertiary/aromatic N) is 3. The Morgan fingerprint density at radius 1 is 1.31 bits per heavy atom. The number of aryl methyl sites for hydroxylation is 1. The molecule has 0 saturated carbocycles. The van der Waals surface area contributed by atoms with Gasteiger partial charge in [0, 0.05) is 29.7 Å². The van der Waals surface area contributed by atoms with Crippen molar-refractivity contribution in [2.45, 2.75) is 6.92 Å². The van der Waals surface area contributed by atoms with Gasteiger partial charge in [0.2, 0.25) is 0 Å². The third-order valence-corrected chi connectivity index (χ3v) is 6.45. The van der Waals surface area contributed by atoms with Gasteiger partial charge in [0.05, 0.1) is 28.4 Å². The summed E-state index contributed by atoms with van der Waals surface area (Å²) >= 11 is 12.7. The third-order valence-electron chi connectivity index (χ3n) is 4.90. The summed E-state index contributed by atoms with van der Waals surface area (Å²) in [4.78, 5) is 30.0. The summed E-state index contributed by atoms with van der Waals surface area (Å²) in [6.07, 6.45) is 0. The summed E-state index contributed by atoms with van der Waals surface area (Å²) in [5, 5.41) is 18.2. The van der Waals surface area contributed by atoms with Gasteiger partial charge >= 0.3 is 0 Å². The Morgan fingerprint density at radius 3 is 2.78 bits per heavy atom. The molecule has 1 aliphatic rings. The molecule has 1 amide bonds. The van der Waals surface area contributed by atoms with E-state index in [1.807, 2.05) is 17.9 Å². The first kappa shape index (κ1) is 22.3. The number of benzene rings is 2. The number of ether oxygens (including phenoxy) is 1. The highest BCUT2D eigenvalue weighted by Gasteiger charge is 2.23. The normalized spacial score (nSPS) is 13.8. The van der Waals surface area contributed by atoms with Gasteiger partial charge in [-0.2, -0.15) is 0 Å². The molecule has 0 unspecified atom stereocenters. The van der Waals surface area contributed by atoms with E-state index in [-0.39, 0.29) is 16.4 Å². The van der Waals surface area contributed by atoms with Crippen molar-refractivity contribution < 1.29 is 14.5 Å². The van der Waals surface area contributed by atoms with Gasteiger partial charge in [0.1, 0.15) is 5.69 Å². The number of nitro benzene ring substituents is 1. The molecule has 2 heterocycles. The van der Waals surface area contributed by atoms with Gasteiger partial charge in [-0.1, -0.05) is 22.9 Å². The van der Waals surface area contributed by atoms with Crippen LogP contribution in [0, 0.1) is 17.0 Å². The minimum atomic E-state index is -0.556. The predicted molar refractivity (Wildman–Crippen MR) is 129 cm³/mol. The number of anilines is 2. The molecule has 0 aliphatic carbocycles. The number of nitro groups is 1. The number of hydrogen-bond donors (Lipinski definition) is 2. The summed E-state index contributed by atoms with van der Waals surface area (Å²) in [6, 6.07) is 8.07. The molecule has 1 fully saturated rings. The molecule has 4 rings (SSSR count). The second-order valence-electron chi connectivity index (χ2n) is 7.06. The first-order chi connectivity index (χ1) is 15.3. The van der Waals surface area contributed by atoms with Crippen LogP contribution in [0.4, 0.5) is 16.5 Å². The van der Waals surface area contributed by atoms with Crippen molar-refractivity contribution in [3.63, 3.8) is 0 Å². The molecule has 166 valence electrons. The quantitative estimate of drug-likeness (QED) is 0.318. The molecule has 0 radical (unpaired) electrons. The van der Waals surface area contributed by atoms with Crippen molar-refractivity contribution in [3.8, 4) is 0 Å². The highest BCUT2D eigenvalue weighted by atomic mass is 35.5. The minimum absolute atomic E-state index is 0.0387. The average Bonchev–Trinajstić information content (AvgIpc) is 3.14. The number of fused-ring (bicyclic) bond motifs is 1. The summed E-state index contributed by atoms with van der Waals surface area (Å²) in [5.74, 6) is -0.556. The fraction of sp³-hybridized carbons (Fsp3) is 0.250. The Hall–Kier alpha value is -2.86. The van der Waals surface area contributed by atoms with Crippen LogP contribution in [0.1, 0.15) is 15.9 Å². The van der Waals surface area contributed by atoms with E-state index in [1.165, 1.54) is 23.5 Å². The number of nitrogens with one attached hydrogen (secondary N) is 2. The number of thiazole rings is 1. The Morgan fingerprint density at radius 2 is 2.06 bits per heavy atom. The van der Waals surface area contributed by atoms with Crippen molar-refractivity contribution in [3.05, 3.63) is 56.6 Å². The zero-order valence-electron chi connectivity index (χ0n) is 16.9. The van der Waals surface area contributed by atoms with Crippen LogP contribution in [0.3, 0.4) is 0 Å². The molecule has 0 bridgehead atoms. The van der Waals surface area contributed by atoms with E-state index in [0.29, 0.717) is 42.1 Å². The molecule has 1 saturated heterocycles. The van der Waals surface area contributed by atoms with Crippen molar-refractivity contribution in [1.29, 1.82) is 0 Å². The molecular formula is C20H18ClN5O4S2. The van der Waals surface area contributed by atoms with Crippen LogP contribution < -0.4 is 15.5 Å². The maximum absolute atomic E-state index is 12.6. The van der Waals surface area contributed by atoms with E-state index in [9.17, 15) is 14.9 Å². The zero-order valence-corrected chi connectivity index (χ0v) is 19.3. The van der Waals surface area contributed by atoms with Gasteiger partial charge in [0.15, 0.2) is 10.2 Å². The van der Waals surface area contributed by atoms with Crippen molar-refractivity contribution in [1.82, 2.24) is 10.3 Å². The second-order valence-corrected chi connectivity index (χ2v) is 8.90. The highest BCUT2D eigenvalue weighted by molar-refractivity contribution is 7.80. The van der Waals surface area contributed by atoms with E-state index in [1.54, 1.807) is 12.1 Å². The molecule has 1 aliphatic heterocycles. The summed E-state index contributed by atoms with van der Waals surface area (Å²) in [7, 11) is 0. The Balaban J connectivity index is 1.47. The number of halogens is 1. The molecule has 32 heavy (non-hydrogen) atoms. The van der Waals surface area contributed by atoms with Crippen LogP contribution in [-0.4, -0.2) is 47.2 Å². The molecule has 1 aromatic heterocycles. The molecule has 0 atom stereocenters. The summed E-state index contributed by atoms with van der Waals surface area (Å²) in [6.45, 7) is 4.00. The van der Waals surface area contributed by atoms with Gasteiger partial charge < -0.3 is 15.0 Å². The summed E-state index contributed by atoms with van der Waals surface area (Å²) in [5.41, 5.74) is 2.10. The van der Waals surface area contributed by atoms with E-state index in [0.717, 1.165) is 15.8 Å². The van der Waals surface area contributed by atoms with E-state index >= 15 is 0 Å². The van der Waals surface area contributed by atoms with Crippen LogP contribution in [0.15, 0.2) is 30.3 Å². The van der Waals surface area contributed by atoms with Gasteiger partial charge in [-0.05, 0) is 49.0 Å². The van der Waals surface area contributed by atoms with Gasteiger partial charge in [-0.15, -0.1) is 0 Å². The number of amides is 1. The topological polar surface area (TPSA) is 110 Å². The number of morpholine rings is 1. The van der Waals surface area contributed by atoms with E-state index < -0.39 is 10.8 Å². The van der Waals surface area contributed by atoms with Crippen LogP contribution in [0.25, 0.3) is 10.2 Å². The fourth-order valence-electron chi connectivity index (χ4n) is 3.29. The van der Waals surface area contributed by atoms with Crippen LogP contribution in [0.2, 0.25) is 5.02 Å². The van der Waals surface area contributed by atoms with Gasteiger partial charge in [-0.3, -0.25) is 20.2 Å². The van der Waals surface area contributed by atoms with Crippen molar-refractivity contribution >= 4 is 72.9 Å². The number of rotatable bonds is 4. The zero-order chi connectivity index (χ0) is 22.8. The average molecular weight is 492 g/mol.